The third-order valence-corrected chi connectivity index (χ3v) is 4.34. The van der Waals surface area contributed by atoms with Crippen molar-refractivity contribution in [3.63, 3.8) is 0 Å². The Balaban J connectivity index is 1.66. The molecule has 3 rings (SSSR count). The summed E-state index contributed by atoms with van der Waals surface area (Å²) in [4.78, 5) is 23.3. The lowest BCUT2D eigenvalue weighted by Crippen LogP contribution is -2.39. The number of nitrogens with one attached hydrogen (secondary N) is 1. The number of hydrogen-bond donors (Lipinski definition) is 3. The molecule has 126 valence electrons. The van der Waals surface area contributed by atoms with Crippen molar-refractivity contribution in [1.29, 1.82) is 0 Å². The first-order valence-corrected chi connectivity index (χ1v) is 7.92. The molecular weight excluding hydrogens is 310 g/mol. The van der Waals surface area contributed by atoms with Crippen LogP contribution in [0.3, 0.4) is 0 Å². The van der Waals surface area contributed by atoms with Gasteiger partial charge < -0.3 is 15.5 Å². The van der Waals surface area contributed by atoms with E-state index in [1.807, 2.05) is 30.3 Å². The maximum Gasteiger partial charge on any atom is 0.306 e. The highest BCUT2D eigenvalue weighted by atomic mass is 16.4. The number of carboxylic acids is 1. The van der Waals surface area contributed by atoms with Crippen LogP contribution in [-0.4, -0.2) is 37.9 Å². The number of nitrogens with zero attached hydrogens (tertiary/aromatic N) is 2. The summed E-state index contributed by atoms with van der Waals surface area (Å²) in [6, 6.07) is 9.11. The monoisotopic (exact) mass is 329 g/mol. The van der Waals surface area contributed by atoms with E-state index in [0.29, 0.717) is 25.7 Å². The Morgan fingerprint density at radius 1 is 1.12 bits per heavy atom. The number of carbonyl (C=O) groups excluding carboxylic acids is 1. The van der Waals surface area contributed by atoms with Crippen LogP contribution in [0.5, 0.6) is 5.75 Å². The van der Waals surface area contributed by atoms with Crippen molar-refractivity contribution in [1.82, 2.24) is 15.1 Å². The number of aromatic hydroxyl groups is 1. The van der Waals surface area contributed by atoms with Gasteiger partial charge in [-0.1, -0.05) is 18.2 Å². The van der Waals surface area contributed by atoms with E-state index >= 15 is 0 Å². The predicted molar refractivity (Wildman–Crippen MR) is 86.1 cm³/mol. The van der Waals surface area contributed by atoms with E-state index < -0.39 is 11.9 Å². The van der Waals surface area contributed by atoms with Crippen LogP contribution in [0.2, 0.25) is 0 Å². The van der Waals surface area contributed by atoms with E-state index in [0.717, 1.165) is 5.69 Å². The Morgan fingerprint density at radius 3 is 2.42 bits per heavy atom. The summed E-state index contributed by atoms with van der Waals surface area (Å²) in [5, 5.41) is 26.0. The molecule has 1 aromatic heterocycles. The molecule has 1 aliphatic rings. The normalized spacial score (nSPS) is 20.5. The molecule has 0 spiro atoms. The van der Waals surface area contributed by atoms with Gasteiger partial charge in [-0.15, -0.1) is 0 Å². The first-order chi connectivity index (χ1) is 11.5. The Kier molecular flexibility index (Phi) is 4.50. The zero-order valence-corrected chi connectivity index (χ0v) is 13.1. The molecule has 7 heteroatoms. The van der Waals surface area contributed by atoms with E-state index in [1.54, 1.807) is 0 Å². The molecule has 1 fully saturated rings. The lowest BCUT2D eigenvalue weighted by molar-refractivity contribution is -0.142. The summed E-state index contributed by atoms with van der Waals surface area (Å²) in [7, 11) is 0. The van der Waals surface area contributed by atoms with Gasteiger partial charge >= 0.3 is 5.97 Å². The molecule has 0 bridgehead atoms. The number of rotatable bonds is 4. The fourth-order valence-corrected chi connectivity index (χ4v) is 2.98. The van der Waals surface area contributed by atoms with E-state index in [1.165, 1.54) is 10.9 Å². The second-order valence-electron chi connectivity index (χ2n) is 6.00. The second-order valence-corrected chi connectivity index (χ2v) is 6.00. The Hall–Kier alpha value is -2.83. The van der Waals surface area contributed by atoms with Crippen LogP contribution in [-0.2, 0) is 4.79 Å². The van der Waals surface area contributed by atoms with Crippen LogP contribution in [0.4, 0.5) is 0 Å². The maximum absolute atomic E-state index is 12.3. The molecule has 2 aromatic rings. The first-order valence-electron chi connectivity index (χ1n) is 7.92. The van der Waals surface area contributed by atoms with Crippen molar-refractivity contribution >= 4 is 11.9 Å². The van der Waals surface area contributed by atoms with Crippen LogP contribution in [0.1, 0.15) is 36.2 Å². The second kappa shape index (κ2) is 6.74. The van der Waals surface area contributed by atoms with Gasteiger partial charge in [0.15, 0.2) is 11.4 Å². The Labute approximate surface area is 138 Å². The van der Waals surface area contributed by atoms with Gasteiger partial charge in [0.1, 0.15) is 0 Å². The predicted octanol–water partition coefficient (Wildman–Crippen LogP) is 1.95. The molecule has 24 heavy (non-hydrogen) atoms. The van der Waals surface area contributed by atoms with Crippen molar-refractivity contribution in [2.75, 3.05) is 0 Å². The molecule has 1 aliphatic carbocycles. The number of benzene rings is 1. The molecule has 0 radical (unpaired) electrons. The number of carboxylic acid groups (broad SMARTS) is 1. The highest BCUT2D eigenvalue weighted by Gasteiger charge is 2.28. The van der Waals surface area contributed by atoms with Crippen molar-refractivity contribution < 1.29 is 19.8 Å². The quantitative estimate of drug-likeness (QED) is 0.795. The number of aliphatic carboxylic acids is 1. The SMILES string of the molecule is O=C(NC1CCC(C(=O)O)CC1)c1nn(-c2ccccc2)cc1O. The molecule has 7 nitrogen and oxygen atoms in total. The van der Waals surface area contributed by atoms with Gasteiger partial charge in [0.25, 0.3) is 5.91 Å². The molecule has 1 saturated carbocycles. The van der Waals surface area contributed by atoms with Crippen LogP contribution in [0, 0.1) is 5.92 Å². The summed E-state index contributed by atoms with van der Waals surface area (Å²) in [5.74, 6) is -1.74. The molecule has 1 amide bonds. The van der Waals surface area contributed by atoms with E-state index in [9.17, 15) is 14.7 Å². The topological polar surface area (TPSA) is 104 Å². The Bertz CT molecular complexity index is 734. The third-order valence-electron chi connectivity index (χ3n) is 4.34. The number of carbonyl (C=O) groups is 2. The zero-order valence-electron chi connectivity index (χ0n) is 13.1. The summed E-state index contributed by atoms with van der Waals surface area (Å²) in [6.07, 6.45) is 3.72. The molecular formula is C17H19N3O4. The van der Waals surface area contributed by atoms with Crippen LogP contribution in [0.15, 0.2) is 36.5 Å². The summed E-state index contributed by atoms with van der Waals surface area (Å²) >= 11 is 0. The van der Waals surface area contributed by atoms with Crippen LogP contribution >= 0.6 is 0 Å². The van der Waals surface area contributed by atoms with Crippen molar-refractivity contribution in [2.24, 2.45) is 5.92 Å². The summed E-state index contributed by atoms with van der Waals surface area (Å²) in [5.41, 5.74) is 0.716. The molecule has 0 atom stereocenters. The lowest BCUT2D eigenvalue weighted by atomic mass is 9.86. The molecule has 0 aliphatic heterocycles. The van der Waals surface area contributed by atoms with E-state index in [2.05, 4.69) is 10.4 Å². The zero-order chi connectivity index (χ0) is 17.1. The smallest absolute Gasteiger partial charge is 0.306 e. The van der Waals surface area contributed by atoms with E-state index in [4.69, 9.17) is 5.11 Å². The van der Waals surface area contributed by atoms with Gasteiger partial charge in [-0.25, -0.2) is 4.68 Å². The average molecular weight is 329 g/mol. The number of aromatic nitrogens is 2. The van der Waals surface area contributed by atoms with Gasteiger partial charge in [-0.2, -0.15) is 5.10 Å². The van der Waals surface area contributed by atoms with Gasteiger partial charge in [-0.3, -0.25) is 9.59 Å². The highest BCUT2D eigenvalue weighted by Crippen LogP contribution is 2.25. The lowest BCUT2D eigenvalue weighted by Gasteiger charge is -2.26. The van der Waals surface area contributed by atoms with Crippen molar-refractivity contribution in [3.05, 3.63) is 42.2 Å². The van der Waals surface area contributed by atoms with Crippen molar-refractivity contribution in [3.8, 4) is 11.4 Å². The summed E-state index contributed by atoms with van der Waals surface area (Å²) in [6.45, 7) is 0. The molecule has 3 N–H and O–H groups in total. The molecule has 0 unspecified atom stereocenters. The molecule has 1 heterocycles. The van der Waals surface area contributed by atoms with E-state index in [-0.39, 0.29) is 23.4 Å². The van der Waals surface area contributed by atoms with Crippen LogP contribution in [0.25, 0.3) is 5.69 Å². The number of para-hydroxylation sites is 1. The number of hydrogen-bond acceptors (Lipinski definition) is 4. The largest absolute Gasteiger partial charge is 0.504 e. The minimum atomic E-state index is -0.779. The van der Waals surface area contributed by atoms with Gasteiger partial charge in [-0.05, 0) is 37.8 Å². The summed E-state index contributed by atoms with van der Waals surface area (Å²) < 4.78 is 1.45. The maximum atomic E-state index is 12.3. The highest BCUT2D eigenvalue weighted by molar-refractivity contribution is 5.95. The first kappa shape index (κ1) is 16.0. The Morgan fingerprint density at radius 2 is 1.79 bits per heavy atom. The minimum absolute atomic E-state index is 0.0285. The standard InChI is InChI=1S/C17H19N3O4/c21-14-10-20(13-4-2-1-3-5-13)19-15(14)16(22)18-12-8-6-11(7-9-12)17(23)24/h1-5,10-12,21H,6-9H2,(H,18,22)(H,23,24). The molecule has 0 saturated heterocycles. The van der Waals surface area contributed by atoms with Crippen molar-refractivity contribution in [2.45, 2.75) is 31.7 Å². The van der Waals surface area contributed by atoms with Crippen LogP contribution < -0.4 is 5.32 Å². The fraction of sp³-hybridized carbons (Fsp3) is 0.353. The van der Waals surface area contributed by atoms with Gasteiger partial charge in [0.2, 0.25) is 0 Å². The van der Waals surface area contributed by atoms with Gasteiger partial charge in [0, 0.05) is 6.04 Å². The molecule has 1 aromatic carbocycles. The third kappa shape index (κ3) is 3.40. The fourth-order valence-electron chi connectivity index (χ4n) is 2.98. The minimum Gasteiger partial charge on any atom is -0.504 e. The van der Waals surface area contributed by atoms with Gasteiger partial charge in [0.05, 0.1) is 17.8 Å². The number of amides is 1. The average Bonchev–Trinajstić information content (AvgIpc) is 2.98.